The van der Waals surface area contributed by atoms with Gasteiger partial charge in [0.15, 0.2) is 0 Å². The summed E-state index contributed by atoms with van der Waals surface area (Å²) in [5.74, 6) is 1.48. The second-order valence-corrected chi connectivity index (χ2v) is 5.83. The number of benzene rings is 3. The Bertz CT molecular complexity index is 828. The topological polar surface area (TPSA) is 47.6 Å². The molecule has 132 valence electrons. The van der Waals surface area contributed by atoms with Crippen LogP contribution in [-0.2, 0) is 13.2 Å². The van der Waals surface area contributed by atoms with Crippen LogP contribution in [0.3, 0.4) is 0 Å². The summed E-state index contributed by atoms with van der Waals surface area (Å²) in [7, 11) is 1.63. The average Bonchev–Trinajstić information content (AvgIpc) is 2.72. The fraction of sp³-hybridized carbons (Fsp3) is 0.136. The summed E-state index contributed by atoms with van der Waals surface area (Å²) in [6.07, 6.45) is 0. The molecule has 3 aromatic carbocycles. The minimum absolute atomic E-state index is 0.0866. The zero-order chi connectivity index (χ0) is 18.2. The first kappa shape index (κ1) is 17.5. The van der Waals surface area contributed by atoms with Crippen molar-refractivity contribution >= 4 is 5.91 Å². The third kappa shape index (κ3) is 4.86. The van der Waals surface area contributed by atoms with Gasteiger partial charge in [0.05, 0.1) is 7.11 Å². The molecule has 3 rings (SSSR count). The fourth-order valence-corrected chi connectivity index (χ4v) is 2.47. The van der Waals surface area contributed by atoms with Gasteiger partial charge in [-0.15, -0.1) is 0 Å². The molecule has 1 N–H and O–H groups in total. The van der Waals surface area contributed by atoms with E-state index < -0.39 is 0 Å². The zero-order valence-corrected chi connectivity index (χ0v) is 14.6. The van der Waals surface area contributed by atoms with Gasteiger partial charge in [-0.05, 0) is 47.5 Å². The third-order valence-corrected chi connectivity index (χ3v) is 3.98. The minimum Gasteiger partial charge on any atom is -0.497 e. The molecule has 0 bridgehead atoms. The van der Waals surface area contributed by atoms with E-state index in [0.717, 1.165) is 22.6 Å². The van der Waals surface area contributed by atoms with Crippen LogP contribution in [0.4, 0.5) is 0 Å². The van der Waals surface area contributed by atoms with Crippen molar-refractivity contribution < 1.29 is 14.3 Å². The van der Waals surface area contributed by atoms with Crippen molar-refractivity contribution in [2.24, 2.45) is 0 Å². The molecule has 0 radical (unpaired) electrons. The normalized spacial score (nSPS) is 10.2. The Morgan fingerprint density at radius 1 is 0.808 bits per heavy atom. The largest absolute Gasteiger partial charge is 0.497 e. The second kappa shape index (κ2) is 8.72. The molecule has 26 heavy (non-hydrogen) atoms. The molecule has 4 heteroatoms. The summed E-state index contributed by atoms with van der Waals surface area (Å²) in [5.41, 5.74) is 2.71. The number of rotatable bonds is 7. The van der Waals surface area contributed by atoms with E-state index >= 15 is 0 Å². The van der Waals surface area contributed by atoms with E-state index in [-0.39, 0.29) is 5.91 Å². The number of hydrogen-bond acceptors (Lipinski definition) is 3. The molecule has 0 aliphatic rings. The first-order valence-electron chi connectivity index (χ1n) is 8.42. The molecule has 4 nitrogen and oxygen atoms in total. The third-order valence-electron chi connectivity index (χ3n) is 3.98. The van der Waals surface area contributed by atoms with Crippen LogP contribution in [0.25, 0.3) is 0 Å². The van der Waals surface area contributed by atoms with Crippen LogP contribution in [0.5, 0.6) is 11.5 Å². The predicted octanol–water partition coefficient (Wildman–Crippen LogP) is 4.20. The number of ether oxygens (including phenoxy) is 2. The van der Waals surface area contributed by atoms with Crippen molar-refractivity contribution in [3.05, 3.63) is 95.6 Å². The highest BCUT2D eigenvalue weighted by atomic mass is 16.5. The van der Waals surface area contributed by atoms with Crippen LogP contribution in [0, 0.1) is 0 Å². The van der Waals surface area contributed by atoms with Gasteiger partial charge in [0.25, 0.3) is 5.91 Å². The number of carbonyl (C=O) groups excluding carboxylic acids is 1. The van der Waals surface area contributed by atoms with Crippen LogP contribution in [0.2, 0.25) is 0 Å². The summed E-state index contributed by atoms with van der Waals surface area (Å²) in [6, 6.07) is 24.7. The number of carbonyl (C=O) groups is 1. The first-order valence-corrected chi connectivity index (χ1v) is 8.42. The Labute approximate surface area is 153 Å². The maximum atomic E-state index is 12.2. The lowest BCUT2D eigenvalue weighted by molar-refractivity contribution is 0.0951. The standard InChI is InChI=1S/C22H21NO3/c1-25-20-11-13-21(14-12-20)26-16-18-7-9-19(10-8-18)22(24)23-15-17-5-3-2-4-6-17/h2-14H,15-16H2,1H3,(H,23,24). The maximum Gasteiger partial charge on any atom is 0.251 e. The summed E-state index contributed by atoms with van der Waals surface area (Å²) < 4.78 is 10.9. The molecule has 0 atom stereocenters. The van der Waals surface area contributed by atoms with Crippen molar-refractivity contribution in [2.75, 3.05) is 7.11 Å². The molecule has 0 heterocycles. The summed E-state index contributed by atoms with van der Waals surface area (Å²) in [5, 5.41) is 2.92. The van der Waals surface area contributed by atoms with Gasteiger partial charge in [-0.25, -0.2) is 0 Å². The first-order chi connectivity index (χ1) is 12.7. The molecule has 0 aromatic heterocycles. The van der Waals surface area contributed by atoms with E-state index in [2.05, 4.69) is 5.32 Å². The van der Waals surface area contributed by atoms with Gasteiger partial charge in [0, 0.05) is 12.1 Å². The van der Waals surface area contributed by atoms with Crippen LogP contribution < -0.4 is 14.8 Å². The van der Waals surface area contributed by atoms with Gasteiger partial charge >= 0.3 is 0 Å². The number of hydrogen-bond donors (Lipinski definition) is 1. The van der Waals surface area contributed by atoms with Gasteiger partial charge in [-0.1, -0.05) is 42.5 Å². The lowest BCUT2D eigenvalue weighted by Gasteiger charge is -2.09. The highest BCUT2D eigenvalue weighted by Crippen LogP contribution is 2.18. The molecular weight excluding hydrogens is 326 g/mol. The van der Waals surface area contributed by atoms with Crippen molar-refractivity contribution in [2.45, 2.75) is 13.2 Å². The van der Waals surface area contributed by atoms with Gasteiger partial charge in [-0.3, -0.25) is 4.79 Å². The van der Waals surface area contributed by atoms with Crippen LogP contribution >= 0.6 is 0 Å². The smallest absolute Gasteiger partial charge is 0.251 e. The van der Waals surface area contributed by atoms with Crippen molar-refractivity contribution in [1.82, 2.24) is 5.32 Å². The van der Waals surface area contributed by atoms with Crippen molar-refractivity contribution in [3.8, 4) is 11.5 Å². The number of methoxy groups -OCH3 is 1. The van der Waals surface area contributed by atoms with Crippen molar-refractivity contribution in [3.63, 3.8) is 0 Å². The van der Waals surface area contributed by atoms with E-state index in [0.29, 0.717) is 18.7 Å². The Balaban J connectivity index is 1.51. The Morgan fingerprint density at radius 3 is 2.12 bits per heavy atom. The van der Waals surface area contributed by atoms with Gasteiger partial charge in [0.1, 0.15) is 18.1 Å². The molecule has 1 amide bonds. The van der Waals surface area contributed by atoms with E-state index in [1.54, 1.807) is 7.11 Å². The lowest BCUT2D eigenvalue weighted by Crippen LogP contribution is -2.22. The molecular formula is C22H21NO3. The van der Waals surface area contributed by atoms with Gasteiger partial charge in [-0.2, -0.15) is 0 Å². The van der Waals surface area contributed by atoms with Crippen LogP contribution in [-0.4, -0.2) is 13.0 Å². The van der Waals surface area contributed by atoms with E-state index in [1.807, 2.05) is 78.9 Å². The zero-order valence-electron chi connectivity index (χ0n) is 14.6. The molecule has 0 saturated heterocycles. The molecule has 0 saturated carbocycles. The van der Waals surface area contributed by atoms with E-state index in [1.165, 1.54) is 0 Å². The number of amides is 1. The minimum atomic E-state index is -0.0866. The molecule has 0 fully saturated rings. The van der Waals surface area contributed by atoms with E-state index in [9.17, 15) is 4.79 Å². The monoisotopic (exact) mass is 347 g/mol. The highest BCUT2D eigenvalue weighted by Gasteiger charge is 2.05. The fourth-order valence-electron chi connectivity index (χ4n) is 2.47. The van der Waals surface area contributed by atoms with Crippen LogP contribution in [0.1, 0.15) is 21.5 Å². The molecule has 0 spiro atoms. The Morgan fingerprint density at radius 2 is 1.46 bits per heavy atom. The maximum absolute atomic E-state index is 12.2. The summed E-state index contributed by atoms with van der Waals surface area (Å²) in [4.78, 5) is 12.2. The number of nitrogens with one attached hydrogen (secondary N) is 1. The molecule has 0 aliphatic heterocycles. The van der Waals surface area contributed by atoms with Gasteiger partial charge in [0.2, 0.25) is 0 Å². The molecule has 0 unspecified atom stereocenters. The van der Waals surface area contributed by atoms with Crippen LogP contribution in [0.15, 0.2) is 78.9 Å². The quantitative estimate of drug-likeness (QED) is 0.697. The van der Waals surface area contributed by atoms with Gasteiger partial charge < -0.3 is 14.8 Å². The van der Waals surface area contributed by atoms with Crippen molar-refractivity contribution in [1.29, 1.82) is 0 Å². The molecule has 3 aromatic rings. The average molecular weight is 347 g/mol. The predicted molar refractivity (Wildman–Crippen MR) is 101 cm³/mol. The Kier molecular flexibility index (Phi) is 5.88. The Hall–Kier alpha value is -3.27. The van der Waals surface area contributed by atoms with E-state index in [4.69, 9.17) is 9.47 Å². The SMILES string of the molecule is COc1ccc(OCc2ccc(C(=O)NCc3ccccc3)cc2)cc1. The lowest BCUT2D eigenvalue weighted by atomic mass is 10.1. The second-order valence-electron chi connectivity index (χ2n) is 5.83. The molecule has 0 aliphatic carbocycles. The summed E-state index contributed by atoms with van der Waals surface area (Å²) >= 11 is 0. The summed E-state index contributed by atoms with van der Waals surface area (Å²) in [6.45, 7) is 0.959. The highest BCUT2D eigenvalue weighted by molar-refractivity contribution is 5.94.